The molecule has 0 atom stereocenters. The molecule has 0 aliphatic rings. The third-order valence-electron chi connectivity index (χ3n) is 3.50. The van der Waals surface area contributed by atoms with Gasteiger partial charge < -0.3 is 9.30 Å². The number of fused-ring (bicyclic) bond motifs is 1. The number of carbonyl (C=O) groups is 1. The van der Waals surface area contributed by atoms with Gasteiger partial charge >= 0.3 is 11.7 Å². The summed E-state index contributed by atoms with van der Waals surface area (Å²) in [4.78, 5) is 40.3. The minimum atomic E-state index is -0.488. The van der Waals surface area contributed by atoms with Crippen LogP contribution in [0.1, 0.15) is 26.2 Å². The number of nitrogens with zero attached hydrogens (tertiary/aromatic N) is 4. The molecule has 0 aliphatic heterocycles. The van der Waals surface area contributed by atoms with E-state index in [1.54, 1.807) is 18.7 Å². The highest BCUT2D eigenvalue weighted by Crippen LogP contribution is 2.03. The molecule has 0 unspecified atom stereocenters. The van der Waals surface area contributed by atoms with E-state index in [2.05, 4.69) is 4.98 Å². The van der Waals surface area contributed by atoms with Gasteiger partial charge in [-0.2, -0.15) is 0 Å². The van der Waals surface area contributed by atoms with Crippen LogP contribution in [0.25, 0.3) is 11.2 Å². The van der Waals surface area contributed by atoms with E-state index in [-0.39, 0.29) is 13.0 Å². The van der Waals surface area contributed by atoms with Crippen LogP contribution >= 0.6 is 0 Å². The van der Waals surface area contributed by atoms with E-state index < -0.39 is 17.2 Å². The monoisotopic (exact) mass is 308 g/mol. The summed E-state index contributed by atoms with van der Waals surface area (Å²) in [6, 6.07) is 0. The molecule has 0 amide bonds. The summed E-state index contributed by atoms with van der Waals surface area (Å²) in [5, 5.41) is 0. The van der Waals surface area contributed by atoms with E-state index in [1.165, 1.54) is 10.9 Å². The van der Waals surface area contributed by atoms with Gasteiger partial charge in [-0.05, 0) is 6.42 Å². The van der Waals surface area contributed by atoms with Crippen LogP contribution in [0.5, 0.6) is 0 Å². The van der Waals surface area contributed by atoms with Crippen LogP contribution in [0.4, 0.5) is 0 Å². The number of aryl methyl sites for hydroxylation is 2. The van der Waals surface area contributed by atoms with Crippen molar-refractivity contribution < 1.29 is 9.53 Å². The van der Waals surface area contributed by atoms with E-state index in [1.807, 2.05) is 6.92 Å². The highest BCUT2D eigenvalue weighted by atomic mass is 16.5. The minimum Gasteiger partial charge on any atom is -0.466 e. The smallest absolute Gasteiger partial charge is 0.332 e. The zero-order valence-corrected chi connectivity index (χ0v) is 13.0. The zero-order valence-electron chi connectivity index (χ0n) is 13.0. The second-order valence-electron chi connectivity index (χ2n) is 5.15. The van der Waals surface area contributed by atoms with Crippen molar-refractivity contribution in [3.05, 3.63) is 27.2 Å². The van der Waals surface area contributed by atoms with Crippen molar-refractivity contribution in [2.75, 3.05) is 6.61 Å². The third-order valence-corrected chi connectivity index (χ3v) is 3.50. The Morgan fingerprint density at radius 2 is 2.05 bits per heavy atom. The molecule has 0 bridgehead atoms. The van der Waals surface area contributed by atoms with E-state index >= 15 is 0 Å². The van der Waals surface area contributed by atoms with E-state index in [4.69, 9.17) is 4.74 Å². The fourth-order valence-electron chi connectivity index (χ4n) is 2.20. The number of hydrogen-bond donors (Lipinski definition) is 0. The number of aromatic nitrogens is 4. The summed E-state index contributed by atoms with van der Waals surface area (Å²) < 4.78 is 8.94. The van der Waals surface area contributed by atoms with Gasteiger partial charge in [0.2, 0.25) is 0 Å². The lowest BCUT2D eigenvalue weighted by Gasteiger charge is -2.08. The predicted molar refractivity (Wildman–Crippen MR) is 80.7 cm³/mol. The minimum absolute atomic E-state index is 0.00240. The van der Waals surface area contributed by atoms with Crippen molar-refractivity contribution in [2.24, 2.45) is 14.1 Å². The summed E-state index contributed by atoms with van der Waals surface area (Å²) in [6.45, 7) is 2.36. The highest BCUT2D eigenvalue weighted by molar-refractivity contribution is 5.70. The predicted octanol–water partition coefficient (Wildman–Crippen LogP) is 0.167. The molecule has 2 aromatic heterocycles. The largest absolute Gasteiger partial charge is 0.466 e. The summed E-state index contributed by atoms with van der Waals surface area (Å²) in [7, 11) is 3.23. The van der Waals surface area contributed by atoms with Crippen molar-refractivity contribution in [1.29, 1.82) is 0 Å². The SMILES string of the molecule is CCCCOC(=O)CCn1c(=O)c2c(ncn2C)n(C)c1=O. The number of carbonyl (C=O) groups excluding carboxylic acids is 1. The Morgan fingerprint density at radius 3 is 2.73 bits per heavy atom. The molecule has 0 N–H and O–H groups in total. The molecule has 8 nitrogen and oxygen atoms in total. The molecule has 2 rings (SSSR count). The molecule has 0 saturated carbocycles. The third kappa shape index (κ3) is 2.95. The zero-order chi connectivity index (χ0) is 16.3. The fraction of sp³-hybridized carbons (Fsp3) is 0.571. The first-order valence-electron chi connectivity index (χ1n) is 7.23. The molecule has 0 spiro atoms. The lowest BCUT2D eigenvalue weighted by Crippen LogP contribution is -2.40. The van der Waals surface area contributed by atoms with Gasteiger partial charge in [-0.25, -0.2) is 9.78 Å². The average Bonchev–Trinajstić information content (AvgIpc) is 2.87. The summed E-state index contributed by atoms with van der Waals surface area (Å²) >= 11 is 0. The van der Waals surface area contributed by atoms with Gasteiger partial charge in [-0.1, -0.05) is 13.3 Å². The molecule has 0 saturated heterocycles. The van der Waals surface area contributed by atoms with Crippen molar-refractivity contribution in [2.45, 2.75) is 32.7 Å². The Labute approximate surface area is 126 Å². The van der Waals surface area contributed by atoms with E-state index in [0.29, 0.717) is 17.8 Å². The van der Waals surface area contributed by atoms with Crippen molar-refractivity contribution in [3.63, 3.8) is 0 Å². The second-order valence-corrected chi connectivity index (χ2v) is 5.15. The van der Waals surface area contributed by atoms with E-state index in [9.17, 15) is 14.4 Å². The summed E-state index contributed by atoms with van der Waals surface area (Å²) in [5.74, 6) is -0.410. The van der Waals surface area contributed by atoms with Gasteiger partial charge in [0.15, 0.2) is 11.2 Å². The molecule has 2 heterocycles. The highest BCUT2D eigenvalue weighted by Gasteiger charge is 2.15. The quantitative estimate of drug-likeness (QED) is 0.560. The topological polar surface area (TPSA) is 88.1 Å². The molecule has 120 valence electrons. The number of esters is 1. The number of unbranched alkanes of at least 4 members (excludes halogenated alkanes) is 1. The molecule has 8 heteroatoms. The molecular formula is C14H20N4O4. The maximum absolute atomic E-state index is 12.4. The lowest BCUT2D eigenvalue weighted by atomic mass is 10.3. The van der Waals surface area contributed by atoms with Crippen LogP contribution in [0.2, 0.25) is 0 Å². The van der Waals surface area contributed by atoms with Crippen LogP contribution in [-0.2, 0) is 30.2 Å². The lowest BCUT2D eigenvalue weighted by molar-refractivity contribution is -0.144. The van der Waals surface area contributed by atoms with Crippen LogP contribution < -0.4 is 11.2 Å². The van der Waals surface area contributed by atoms with Gasteiger partial charge in [0.1, 0.15) is 0 Å². The standard InChI is InChI=1S/C14H20N4O4/c1-4-5-8-22-10(19)6-7-18-13(20)11-12(15-9-16(11)2)17(3)14(18)21/h9H,4-8H2,1-3H3. The van der Waals surface area contributed by atoms with Gasteiger partial charge in [-0.3, -0.25) is 18.7 Å². The molecule has 2 aromatic rings. The van der Waals surface area contributed by atoms with Crippen LogP contribution in [0, 0.1) is 0 Å². The summed E-state index contributed by atoms with van der Waals surface area (Å²) in [5.41, 5.74) is -0.266. The first-order chi connectivity index (χ1) is 10.5. The average molecular weight is 308 g/mol. The van der Waals surface area contributed by atoms with Gasteiger partial charge in [0.05, 0.1) is 19.4 Å². The first-order valence-corrected chi connectivity index (χ1v) is 7.23. The van der Waals surface area contributed by atoms with Crippen LogP contribution in [0.15, 0.2) is 15.9 Å². The van der Waals surface area contributed by atoms with Crippen LogP contribution in [-0.4, -0.2) is 31.3 Å². The number of hydrogen-bond acceptors (Lipinski definition) is 5. The Kier molecular flexibility index (Phi) is 4.79. The molecule has 0 aromatic carbocycles. The number of ether oxygens (including phenoxy) is 1. The molecule has 0 aliphatic carbocycles. The number of rotatable bonds is 6. The van der Waals surface area contributed by atoms with Gasteiger partial charge in [0.25, 0.3) is 5.56 Å². The first kappa shape index (κ1) is 16.0. The molecule has 22 heavy (non-hydrogen) atoms. The molecular weight excluding hydrogens is 288 g/mol. The Morgan fingerprint density at radius 1 is 1.32 bits per heavy atom. The van der Waals surface area contributed by atoms with Crippen molar-refractivity contribution >= 4 is 17.1 Å². The van der Waals surface area contributed by atoms with E-state index in [0.717, 1.165) is 17.4 Å². The van der Waals surface area contributed by atoms with Crippen molar-refractivity contribution in [1.82, 2.24) is 18.7 Å². The Bertz CT molecular complexity index is 800. The fourth-order valence-corrected chi connectivity index (χ4v) is 2.20. The van der Waals surface area contributed by atoms with Crippen LogP contribution in [0.3, 0.4) is 0 Å². The second kappa shape index (κ2) is 6.59. The maximum atomic E-state index is 12.4. The number of imidazole rings is 1. The normalized spacial score (nSPS) is 11.0. The Balaban J connectivity index is 2.25. The summed E-state index contributed by atoms with van der Waals surface area (Å²) in [6.07, 6.45) is 3.20. The van der Waals surface area contributed by atoms with Crippen molar-refractivity contribution in [3.8, 4) is 0 Å². The molecule has 0 fully saturated rings. The molecule has 0 radical (unpaired) electrons. The Hall–Kier alpha value is -2.38. The van der Waals surface area contributed by atoms with Gasteiger partial charge in [0, 0.05) is 20.6 Å². The van der Waals surface area contributed by atoms with Gasteiger partial charge in [-0.15, -0.1) is 0 Å². The maximum Gasteiger partial charge on any atom is 0.332 e.